The summed E-state index contributed by atoms with van der Waals surface area (Å²) in [5, 5.41) is 12.4. The average molecular weight is 244 g/mol. The maximum Gasteiger partial charge on any atom is 0.0697 e. The molecule has 98 valence electrons. The molecule has 1 atom stereocenters. The second-order valence-corrected chi connectivity index (χ2v) is 5.81. The molecular formula is C16H24N2. The Kier molecular flexibility index (Phi) is 5.37. The largest absolute Gasteiger partial charge is 0.313 e. The van der Waals surface area contributed by atoms with Crippen LogP contribution < -0.4 is 5.32 Å². The first kappa shape index (κ1) is 14.7. The van der Waals surface area contributed by atoms with Gasteiger partial charge in [0, 0.05) is 12.6 Å². The highest BCUT2D eigenvalue weighted by Gasteiger charge is 2.17. The van der Waals surface area contributed by atoms with Crippen molar-refractivity contribution in [2.24, 2.45) is 5.41 Å². The standard InChI is InChI=1S/C16H24N2/c1-13-6-5-7-15(10-13)9-8-14(2)18-12-16(3,4)11-17/h5-7,10,14,18H,8-9,12H2,1-4H3. The maximum atomic E-state index is 8.96. The van der Waals surface area contributed by atoms with Gasteiger partial charge in [-0.15, -0.1) is 0 Å². The molecule has 2 nitrogen and oxygen atoms in total. The third-order valence-corrected chi connectivity index (χ3v) is 3.14. The summed E-state index contributed by atoms with van der Waals surface area (Å²) in [6.07, 6.45) is 2.19. The third-order valence-electron chi connectivity index (χ3n) is 3.14. The van der Waals surface area contributed by atoms with Crippen molar-refractivity contribution in [2.75, 3.05) is 6.54 Å². The van der Waals surface area contributed by atoms with E-state index >= 15 is 0 Å². The molecule has 0 aliphatic heterocycles. The van der Waals surface area contributed by atoms with Gasteiger partial charge in [0.2, 0.25) is 0 Å². The van der Waals surface area contributed by atoms with Crippen LogP contribution in [0, 0.1) is 23.7 Å². The molecule has 0 fully saturated rings. The zero-order chi connectivity index (χ0) is 13.6. The highest BCUT2D eigenvalue weighted by molar-refractivity contribution is 5.22. The molecule has 0 aliphatic carbocycles. The van der Waals surface area contributed by atoms with Gasteiger partial charge in [0.1, 0.15) is 0 Å². The van der Waals surface area contributed by atoms with Crippen molar-refractivity contribution < 1.29 is 0 Å². The lowest BCUT2D eigenvalue weighted by Gasteiger charge is -2.20. The van der Waals surface area contributed by atoms with Crippen LogP contribution >= 0.6 is 0 Å². The molecule has 0 aromatic heterocycles. The Morgan fingerprint density at radius 3 is 2.72 bits per heavy atom. The first-order valence-electron chi connectivity index (χ1n) is 6.63. The van der Waals surface area contributed by atoms with Crippen LogP contribution in [0.2, 0.25) is 0 Å². The summed E-state index contributed by atoms with van der Waals surface area (Å²) >= 11 is 0. The fourth-order valence-corrected chi connectivity index (χ4v) is 1.82. The van der Waals surface area contributed by atoms with Crippen molar-refractivity contribution in [3.05, 3.63) is 35.4 Å². The van der Waals surface area contributed by atoms with Gasteiger partial charge in [-0.1, -0.05) is 29.8 Å². The van der Waals surface area contributed by atoms with Crippen LogP contribution in [0.1, 0.15) is 38.3 Å². The van der Waals surface area contributed by atoms with Gasteiger partial charge < -0.3 is 5.32 Å². The van der Waals surface area contributed by atoms with Crippen molar-refractivity contribution in [3.8, 4) is 6.07 Å². The van der Waals surface area contributed by atoms with Gasteiger partial charge in [0.25, 0.3) is 0 Å². The number of hydrogen-bond donors (Lipinski definition) is 1. The van der Waals surface area contributed by atoms with E-state index in [2.05, 4.69) is 49.5 Å². The van der Waals surface area contributed by atoms with Crippen molar-refractivity contribution in [1.29, 1.82) is 5.26 Å². The van der Waals surface area contributed by atoms with Crippen LogP contribution in [0.15, 0.2) is 24.3 Å². The summed E-state index contributed by atoms with van der Waals surface area (Å²) in [6, 6.07) is 11.4. The SMILES string of the molecule is Cc1cccc(CCC(C)NCC(C)(C)C#N)c1. The molecular weight excluding hydrogens is 220 g/mol. The third kappa shape index (κ3) is 5.33. The Bertz CT molecular complexity index is 415. The van der Waals surface area contributed by atoms with Gasteiger partial charge in [-0.25, -0.2) is 0 Å². The van der Waals surface area contributed by atoms with Crippen molar-refractivity contribution >= 4 is 0 Å². The molecule has 0 bridgehead atoms. The fourth-order valence-electron chi connectivity index (χ4n) is 1.82. The summed E-state index contributed by atoms with van der Waals surface area (Å²) < 4.78 is 0. The number of aryl methyl sites for hydroxylation is 2. The average Bonchev–Trinajstić information content (AvgIpc) is 2.34. The van der Waals surface area contributed by atoms with E-state index in [0.717, 1.165) is 19.4 Å². The molecule has 1 unspecified atom stereocenters. The molecule has 2 heteroatoms. The number of nitriles is 1. The van der Waals surface area contributed by atoms with Crippen molar-refractivity contribution in [3.63, 3.8) is 0 Å². The molecule has 0 saturated heterocycles. The zero-order valence-electron chi connectivity index (χ0n) is 12.0. The molecule has 1 aromatic carbocycles. The molecule has 0 amide bonds. The second-order valence-electron chi connectivity index (χ2n) is 5.81. The fraction of sp³-hybridized carbons (Fsp3) is 0.562. The lowest BCUT2D eigenvalue weighted by atomic mass is 9.95. The first-order valence-corrected chi connectivity index (χ1v) is 6.63. The summed E-state index contributed by atoms with van der Waals surface area (Å²) in [5.74, 6) is 0. The van der Waals surface area contributed by atoms with E-state index in [-0.39, 0.29) is 5.41 Å². The molecule has 1 N–H and O–H groups in total. The Hall–Kier alpha value is -1.33. The topological polar surface area (TPSA) is 35.8 Å². The Morgan fingerprint density at radius 1 is 1.39 bits per heavy atom. The van der Waals surface area contributed by atoms with E-state index < -0.39 is 0 Å². The number of benzene rings is 1. The first-order chi connectivity index (χ1) is 8.43. The Balaban J connectivity index is 2.34. The molecule has 0 spiro atoms. The van der Waals surface area contributed by atoms with Crippen LogP contribution in [-0.2, 0) is 6.42 Å². The maximum absolute atomic E-state index is 8.96. The zero-order valence-corrected chi connectivity index (χ0v) is 12.0. The minimum absolute atomic E-state index is 0.280. The smallest absolute Gasteiger partial charge is 0.0697 e. The number of rotatable bonds is 6. The van der Waals surface area contributed by atoms with Crippen LogP contribution in [0.25, 0.3) is 0 Å². The molecule has 0 aliphatic rings. The molecule has 1 rings (SSSR count). The minimum Gasteiger partial charge on any atom is -0.313 e. The highest BCUT2D eigenvalue weighted by atomic mass is 14.9. The van der Waals surface area contributed by atoms with E-state index in [1.54, 1.807) is 0 Å². The lowest BCUT2D eigenvalue weighted by molar-refractivity contribution is 0.400. The lowest BCUT2D eigenvalue weighted by Crippen LogP contribution is -2.35. The minimum atomic E-state index is -0.280. The molecule has 0 saturated carbocycles. The summed E-state index contributed by atoms with van der Waals surface area (Å²) in [4.78, 5) is 0. The van der Waals surface area contributed by atoms with Gasteiger partial charge in [0.05, 0.1) is 11.5 Å². The predicted octanol–water partition coefficient (Wildman–Crippen LogP) is 3.46. The van der Waals surface area contributed by atoms with Crippen LogP contribution in [0.3, 0.4) is 0 Å². The Labute approximate surface area is 111 Å². The molecule has 0 heterocycles. The van der Waals surface area contributed by atoms with E-state index in [1.165, 1.54) is 11.1 Å². The van der Waals surface area contributed by atoms with Gasteiger partial charge in [0.15, 0.2) is 0 Å². The molecule has 0 radical (unpaired) electrons. The molecule has 1 aromatic rings. The van der Waals surface area contributed by atoms with E-state index in [9.17, 15) is 0 Å². The van der Waals surface area contributed by atoms with Crippen LogP contribution in [-0.4, -0.2) is 12.6 Å². The van der Waals surface area contributed by atoms with Gasteiger partial charge in [-0.2, -0.15) is 5.26 Å². The monoisotopic (exact) mass is 244 g/mol. The normalized spacial score (nSPS) is 13.1. The predicted molar refractivity (Wildman–Crippen MR) is 76.4 cm³/mol. The van der Waals surface area contributed by atoms with Crippen LogP contribution in [0.5, 0.6) is 0 Å². The quantitative estimate of drug-likeness (QED) is 0.832. The number of nitrogens with one attached hydrogen (secondary N) is 1. The summed E-state index contributed by atoms with van der Waals surface area (Å²) in [6.45, 7) is 8.99. The van der Waals surface area contributed by atoms with E-state index in [4.69, 9.17) is 5.26 Å². The number of nitrogens with zero attached hydrogens (tertiary/aromatic N) is 1. The van der Waals surface area contributed by atoms with E-state index in [0.29, 0.717) is 6.04 Å². The highest BCUT2D eigenvalue weighted by Crippen LogP contribution is 2.12. The van der Waals surface area contributed by atoms with E-state index in [1.807, 2.05) is 13.8 Å². The van der Waals surface area contributed by atoms with Crippen molar-refractivity contribution in [1.82, 2.24) is 5.32 Å². The number of hydrogen-bond acceptors (Lipinski definition) is 2. The van der Waals surface area contributed by atoms with Gasteiger partial charge >= 0.3 is 0 Å². The second kappa shape index (κ2) is 6.56. The summed E-state index contributed by atoms with van der Waals surface area (Å²) in [7, 11) is 0. The summed E-state index contributed by atoms with van der Waals surface area (Å²) in [5.41, 5.74) is 2.43. The van der Waals surface area contributed by atoms with Crippen LogP contribution in [0.4, 0.5) is 0 Å². The van der Waals surface area contributed by atoms with Gasteiger partial charge in [-0.05, 0) is 46.1 Å². The Morgan fingerprint density at radius 2 is 2.11 bits per heavy atom. The van der Waals surface area contributed by atoms with Gasteiger partial charge in [-0.3, -0.25) is 0 Å². The van der Waals surface area contributed by atoms with Crippen molar-refractivity contribution in [2.45, 2.75) is 46.6 Å². The molecule has 18 heavy (non-hydrogen) atoms.